The van der Waals surface area contributed by atoms with Crippen LogP contribution >= 0.6 is 0 Å². The van der Waals surface area contributed by atoms with Gasteiger partial charge in [-0.15, -0.1) is 0 Å². The molecule has 0 radical (unpaired) electrons. The van der Waals surface area contributed by atoms with Crippen LogP contribution < -0.4 is 4.74 Å². The van der Waals surface area contributed by atoms with Gasteiger partial charge in [-0.2, -0.15) is 0 Å². The summed E-state index contributed by atoms with van der Waals surface area (Å²) in [5.74, 6) is 0.734. The largest absolute Gasteiger partial charge is 0.489 e. The van der Waals surface area contributed by atoms with Crippen molar-refractivity contribution in [1.29, 1.82) is 0 Å². The summed E-state index contributed by atoms with van der Waals surface area (Å²) in [7, 11) is 0. The Balaban J connectivity index is 1.98. The van der Waals surface area contributed by atoms with Crippen molar-refractivity contribution in [2.75, 3.05) is 13.2 Å². The van der Waals surface area contributed by atoms with Crippen LogP contribution in [0.4, 0.5) is 0 Å². The quantitative estimate of drug-likeness (QED) is 0.520. The zero-order valence-corrected chi connectivity index (χ0v) is 17.6. The fraction of sp³-hybridized carbons (Fsp3) is 0.417. The molecule has 5 heteroatoms. The van der Waals surface area contributed by atoms with Crippen molar-refractivity contribution in [3.8, 4) is 5.75 Å². The monoisotopic (exact) mass is 397 g/mol. The molecular formula is C24H31NO4. The van der Waals surface area contributed by atoms with Gasteiger partial charge in [0.1, 0.15) is 12.4 Å². The average molecular weight is 398 g/mol. The fourth-order valence-corrected chi connectivity index (χ4v) is 2.99. The summed E-state index contributed by atoms with van der Waals surface area (Å²) in [5.41, 5.74) is 2.11. The number of rotatable bonds is 11. The molecule has 0 aliphatic heterocycles. The van der Waals surface area contributed by atoms with Gasteiger partial charge in [0.15, 0.2) is 0 Å². The Labute approximate surface area is 173 Å². The molecule has 0 aliphatic carbocycles. The third-order valence-electron chi connectivity index (χ3n) is 4.31. The molecule has 0 bridgehead atoms. The Morgan fingerprint density at radius 3 is 2.38 bits per heavy atom. The Morgan fingerprint density at radius 2 is 1.69 bits per heavy atom. The van der Waals surface area contributed by atoms with Crippen molar-refractivity contribution in [3.05, 3.63) is 65.7 Å². The van der Waals surface area contributed by atoms with Gasteiger partial charge in [-0.3, -0.25) is 9.59 Å². The minimum Gasteiger partial charge on any atom is -0.489 e. The summed E-state index contributed by atoms with van der Waals surface area (Å²) in [6.45, 7) is 7.86. The first-order valence-electron chi connectivity index (χ1n) is 10.2. The van der Waals surface area contributed by atoms with Gasteiger partial charge >= 0.3 is 5.97 Å². The Morgan fingerprint density at radius 1 is 0.966 bits per heavy atom. The molecule has 0 spiro atoms. The summed E-state index contributed by atoms with van der Waals surface area (Å²) in [6.07, 6.45) is 0.275. The lowest BCUT2D eigenvalue weighted by molar-refractivity contribution is -0.145. The second-order valence-corrected chi connectivity index (χ2v) is 7.39. The van der Waals surface area contributed by atoms with Gasteiger partial charge in [0.05, 0.1) is 13.0 Å². The molecule has 0 heterocycles. The Kier molecular flexibility index (Phi) is 9.22. The van der Waals surface area contributed by atoms with Crippen molar-refractivity contribution in [2.24, 2.45) is 5.92 Å². The zero-order chi connectivity index (χ0) is 21.1. The third-order valence-corrected chi connectivity index (χ3v) is 4.31. The molecule has 0 saturated carbocycles. The van der Waals surface area contributed by atoms with Crippen LogP contribution in [0.5, 0.6) is 5.75 Å². The smallest absolute Gasteiger partial charge is 0.306 e. The van der Waals surface area contributed by atoms with E-state index in [0.29, 0.717) is 32.2 Å². The number of carbonyl (C=O) groups is 2. The van der Waals surface area contributed by atoms with E-state index in [1.165, 1.54) is 0 Å². The number of nitrogens with zero attached hydrogens (tertiary/aromatic N) is 1. The molecule has 0 N–H and O–H groups in total. The maximum atomic E-state index is 12.7. The molecule has 1 amide bonds. The van der Waals surface area contributed by atoms with Crippen LogP contribution in [0.1, 0.15) is 44.7 Å². The van der Waals surface area contributed by atoms with Gasteiger partial charge in [0.25, 0.3) is 0 Å². The highest BCUT2D eigenvalue weighted by atomic mass is 16.5. The molecule has 0 atom stereocenters. The van der Waals surface area contributed by atoms with Gasteiger partial charge < -0.3 is 14.4 Å². The van der Waals surface area contributed by atoms with Gasteiger partial charge in [0, 0.05) is 19.5 Å². The summed E-state index contributed by atoms with van der Waals surface area (Å²) in [5, 5.41) is 0. The number of amides is 1. The first-order chi connectivity index (χ1) is 14.0. The van der Waals surface area contributed by atoms with Gasteiger partial charge in [0.2, 0.25) is 5.91 Å². The number of ether oxygens (including phenoxy) is 2. The molecule has 0 aromatic heterocycles. The standard InChI is InChI=1S/C24H31NO4/c1-4-28-24(27)14-13-23(26)25(16-19(2)3)17-21-11-8-12-22(15-21)29-18-20-9-6-5-7-10-20/h5-12,15,19H,4,13-14,16-18H2,1-3H3. The number of hydrogen-bond donors (Lipinski definition) is 0. The lowest BCUT2D eigenvalue weighted by Crippen LogP contribution is -2.34. The molecule has 2 aromatic rings. The molecule has 2 rings (SSSR count). The summed E-state index contributed by atoms with van der Waals surface area (Å²) >= 11 is 0. The van der Waals surface area contributed by atoms with E-state index in [-0.39, 0.29) is 24.7 Å². The maximum Gasteiger partial charge on any atom is 0.306 e. The second kappa shape index (κ2) is 11.9. The van der Waals surface area contributed by atoms with Gasteiger partial charge in [-0.25, -0.2) is 0 Å². The highest BCUT2D eigenvalue weighted by molar-refractivity contribution is 5.81. The van der Waals surface area contributed by atoms with Crippen molar-refractivity contribution < 1.29 is 19.1 Å². The summed E-state index contributed by atoms with van der Waals surface area (Å²) < 4.78 is 10.8. The third kappa shape index (κ3) is 8.38. The number of esters is 1. The van der Waals surface area contributed by atoms with Crippen LogP contribution in [-0.2, 0) is 27.5 Å². The Bertz CT molecular complexity index is 773. The molecule has 0 saturated heterocycles. The van der Waals surface area contributed by atoms with E-state index in [9.17, 15) is 9.59 Å². The highest BCUT2D eigenvalue weighted by Crippen LogP contribution is 2.18. The average Bonchev–Trinajstić information content (AvgIpc) is 2.71. The predicted octanol–water partition coefficient (Wildman–Crippen LogP) is 4.59. The van der Waals surface area contributed by atoms with Crippen molar-refractivity contribution in [1.82, 2.24) is 4.90 Å². The second-order valence-electron chi connectivity index (χ2n) is 7.39. The van der Waals surface area contributed by atoms with Crippen LogP contribution in [0.2, 0.25) is 0 Å². The molecule has 156 valence electrons. The van der Waals surface area contributed by atoms with E-state index in [0.717, 1.165) is 16.9 Å². The number of benzene rings is 2. The number of hydrogen-bond acceptors (Lipinski definition) is 4. The first kappa shape index (κ1) is 22.5. The van der Waals surface area contributed by atoms with Gasteiger partial charge in [-0.05, 0) is 36.1 Å². The summed E-state index contributed by atoms with van der Waals surface area (Å²) in [4.78, 5) is 26.1. The van der Waals surface area contributed by atoms with Crippen LogP contribution in [-0.4, -0.2) is 29.9 Å². The highest BCUT2D eigenvalue weighted by Gasteiger charge is 2.17. The van der Waals surface area contributed by atoms with Crippen molar-refractivity contribution in [2.45, 2.75) is 46.8 Å². The van der Waals surface area contributed by atoms with E-state index in [1.807, 2.05) is 54.6 Å². The summed E-state index contributed by atoms with van der Waals surface area (Å²) in [6, 6.07) is 17.8. The molecule has 0 unspecified atom stereocenters. The Hall–Kier alpha value is -2.82. The first-order valence-corrected chi connectivity index (χ1v) is 10.2. The van der Waals surface area contributed by atoms with Gasteiger partial charge in [-0.1, -0.05) is 56.3 Å². The van der Waals surface area contributed by atoms with Crippen LogP contribution in [0, 0.1) is 5.92 Å². The van der Waals surface area contributed by atoms with Crippen molar-refractivity contribution >= 4 is 11.9 Å². The zero-order valence-electron chi connectivity index (χ0n) is 17.6. The fourth-order valence-electron chi connectivity index (χ4n) is 2.99. The van der Waals surface area contributed by atoms with E-state index >= 15 is 0 Å². The van der Waals surface area contributed by atoms with Crippen LogP contribution in [0.25, 0.3) is 0 Å². The SMILES string of the molecule is CCOC(=O)CCC(=O)N(Cc1cccc(OCc2ccccc2)c1)CC(C)C. The van der Waals surface area contributed by atoms with E-state index in [2.05, 4.69) is 13.8 Å². The van der Waals surface area contributed by atoms with E-state index in [4.69, 9.17) is 9.47 Å². The molecule has 0 fully saturated rings. The normalized spacial score (nSPS) is 10.6. The lowest BCUT2D eigenvalue weighted by Gasteiger charge is -2.25. The molecular weight excluding hydrogens is 366 g/mol. The maximum absolute atomic E-state index is 12.7. The van der Waals surface area contributed by atoms with Crippen molar-refractivity contribution in [3.63, 3.8) is 0 Å². The predicted molar refractivity (Wildman–Crippen MR) is 113 cm³/mol. The van der Waals surface area contributed by atoms with Crippen LogP contribution in [0.15, 0.2) is 54.6 Å². The van der Waals surface area contributed by atoms with E-state index in [1.54, 1.807) is 11.8 Å². The molecule has 5 nitrogen and oxygen atoms in total. The lowest BCUT2D eigenvalue weighted by atomic mass is 10.1. The minimum absolute atomic E-state index is 0.0395. The van der Waals surface area contributed by atoms with Crippen LogP contribution in [0.3, 0.4) is 0 Å². The topological polar surface area (TPSA) is 55.8 Å². The molecule has 29 heavy (non-hydrogen) atoms. The molecule has 0 aliphatic rings. The number of carbonyl (C=O) groups excluding carboxylic acids is 2. The van der Waals surface area contributed by atoms with E-state index < -0.39 is 0 Å². The minimum atomic E-state index is -0.332. The molecule has 2 aromatic carbocycles.